The summed E-state index contributed by atoms with van der Waals surface area (Å²) in [6.07, 6.45) is 1.99. The zero-order valence-corrected chi connectivity index (χ0v) is 14.2. The highest BCUT2D eigenvalue weighted by atomic mass is 35.5. The molecule has 0 spiro atoms. The molecule has 1 aromatic carbocycles. The first-order chi connectivity index (χ1) is 12.0. The van der Waals surface area contributed by atoms with Crippen molar-refractivity contribution in [3.05, 3.63) is 45.2 Å². The summed E-state index contributed by atoms with van der Waals surface area (Å²) in [5.74, 6) is -0.271. The van der Waals surface area contributed by atoms with E-state index in [4.69, 9.17) is 30.9 Å². The summed E-state index contributed by atoms with van der Waals surface area (Å²) in [5.41, 5.74) is 0.279. The second kappa shape index (κ2) is 7.16. The molecule has 8 heteroatoms. The van der Waals surface area contributed by atoms with Crippen molar-refractivity contribution in [1.82, 2.24) is 4.57 Å². The molecule has 7 nitrogen and oxygen atoms in total. The molecule has 0 atom stereocenters. The molecule has 1 aliphatic rings. The number of ether oxygens (including phenoxy) is 3. The molecule has 0 radical (unpaired) electrons. The first kappa shape index (κ1) is 17.3. The van der Waals surface area contributed by atoms with Crippen molar-refractivity contribution in [2.24, 2.45) is 0 Å². The highest BCUT2D eigenvalue weighted by Gasteiger charge is 2.22. The van der Waals surface area contributed by atoms with E-state index in [1.807, 2.05) is 0 Å². The molecule has 1 aliphatic heterocycles. The number of pyridine rings is 1. The summed E-state index contributed by atoms with van der Waals surface area (Å²) in [7, 11) is 1.62. The zero-order valence-electron chi connectivity index (χ0n) is 13.5. The van der Waals surface area contributed by atoms with E-state index in [0.29, 0.717) is 41.0 Å². The van der Waals surface area contributed by atoms with Crippen LogP contribution >= 0.6 is 11.6 Å². The molecule has 0 bridgehead atoms. The quantitative estimate of drug-likeness (QED) is 0.792. The average molecular weight is 366 g/mol. The fourth-order valence-corrected chi connectivity index (χ4v) is 2.78. The molecule has 0 saturated carbocycles. The Bertz CT molecular complexity index is 876. The average Bonchev–Trinajstić information content (AvgIpc) is 2.58. The van der Waals surface area contributed by atoms with E-state index in [9.17, 15) is 9.59 Å². The maximum Gasteiger partial charge on any atom is 0.341 e. The Hall–Kier alpha value is -2.51. The number of carboxylic acids is 1. The van der Waals surface area contributed by atoms with Gasteiger partial charge < -0.3 is 23.9 Å². The highest BCUT2D eigenvalue weighted by Crippen LogP contribution is 2.40. The lowest BCUT2D eigenvalue weighted by molar-refractivity contribution is 0.0694. The molecule has 3 rings (SSSR count). The maximum absolute atomic E-state index is 12.0. The summed E-state index contributed by atoms with van der Waals surface area (Å²) in [6, 6.07) is 4.59. The number of nitrogens with zero attached hydrogens (tertiary/aromatic N) is 1. The fourth-order valence-electron chi connectivity index (χ4n) is 2.56. The summed E-state index contributed by atoms with van der Waals surface area (Å²) >= 11 is 6.27. The van der Waals surface area contributed by atoms with Gasteiger partial charge in [0.15, 0.2) is 12.2 Å². The Morgan fingerprint density at radius 2 is 2.16 bits per heavy atom. The van der Waals surface area contributed by atoms with Crippen molar-refractivity contribution in [3.8, 4) is 22.8 Å². The van der Waals surface area contributed by atoms with Gasteiger partial charge in [-0.05, 0) is 6.07 Å². The van der Waals surface area contributed by atoms with Gasteiger partial charge in [-0.2, -0.15) is 0 Å². The first-order valence-electron chi connectivity index (χ1n) is 7.57. The van der Waals surface area contributed by atoms with Crippen LogP contribution < -0.4 is 14.9 Å². The third kappa shape index (κ3) is 3.47. The Morgan fingerprint density at radius 1 is 1.36 bits per heavy atom. The minimum Gasteiger partial charge on any atom is -0.492 e. The predicted octanol–water partition coefficient (Wildman–Crippen LogP) is 2.63. The molecule has 2 aromatic rings. The SMILES string of the molecule is COCCCOc1cc2c(cc1Cl)-c1cc(=O)c(C(=O)O)cn1CO2. The molecular weight excluding hydrogens is 350 g/mol. The highest BCUT2D eigenvalue weighted by molar-refractivity contribution is 6.32. The molecule has 0 saturated heterocycles. The van der Waals surface area contributed by atoms with Gasteiger partial charge in [-0.1, -0.05) is 11.6 Å². The largest absolute Gasteiger partial charge is 0.492 e. The van der Waals surface area contributed by atoms with Gasteiger partial charge in [-0.25, -0.2) is 4.79 Å². The standard InChI is InChI=1S/C17H16ClNO6/c1-23-3-2-4-24-16-7-15-10(5-12(16)18)13-6-14(20)11(17(21)22)8-19(13)9-25-15/h5-8H,2-4,9H2,1H3,(H,21,22). The predicted molar refractivity (Wildman–Crippen MR) is 90.7 cm³/mol. The van der Waals surface area contributed by atoms with Crippen molar-refractivity contribution < 1.29 is 24.1 Å². The fraction of sp³-hybridized carbons (Fsp3) is 0.294. The number of hydrogen-bond acceptors (Lipinski definition) is 5. The van der Waals surface area contributed by atoms with Crippen LogP contribution in [0.1, 0.15) is 16.8 Å². The molecule has 0 fully saturated rings. The van der Waals surface area contributed by atoms with E-state index < -0.39 is 11.4 Å². The number of carbonyl (C=O) groups is 1. The number of hydrogen-bond donors (Lipinski definition) is 1. The summed E-state index contributed by atoms with van der Waals surface area (Å²) in [6.45, 7) is 1.12. The van der Waals surface area contributed by atoms with E-state index in [0.717, 1.165) is 6.42 Å². The third-order valence-electron chi connectivity index (χ3n) is 3.78. The van der Waals surface area contributed by atoms with E-state index >= 15 is 0 Å². The molecule has 0 aliphatic carbocycles. The normalized spacial score (nSPS) is 12.1. The molecular formula is C17H16ClNO6. The van der Waals surface area contributed by atoms with Crippen molar-refractivity contribution in [2.75, 3.05) is 20.3 Å². The van der Waals surface area contributed by atoms with Gasteiger partial charge in [-0.3, -0.25) is 4.79 Å². The number of benzene rings is 1. The van der Waals surface area contributed by atoms with E-state index in [2.05, 4.69) is 0 Å². The molecule has 0 unspecified atom stereocenters. The number of rotatable bonds is 6. The van der Waals surface area contributed by atoms with Crippen molar-refractivity contribution in [3.63, 3.8) is 0 Å². The maximum atomic E-state index is 12.0. The van der Waals surface area contributed by atoms with Gasteiger partial charge in [-0.15, -0.1) is 0 Å². The van der Waals surface area contributed by atoms with Gasteiger partial charge in [0, 0.05) is 44.0 Å². The van der Waals surface area contributed by atoms with Gasteiger partial charge in [0.2, 0.25) is 0 Å². The van der Waals surface area contributed by atoms with Gasteiger partial charge in [0.1, 0.15) is 17.1 Å². The third-order valence-corrected chi connectivity index (χ3v) is 4.07. The Kier molecular flexibility index (Phi) is 4.96. The van der Waals surface area contributed by atoms with Crippen molar-refractivity contribution >= 4 is 17.6 Å². The van der Waals surface area contributed by atoms with Crippen LogP contribution in [0.4, 0.5) is 0 Å². The first-order valence-corrected chi connectivity index (χ1v) is 7.95. The topological polar surface area (TPSA) is 87.0 Å². The second-order valence-corrected chi connectivity index (χ2v) is 5.87. The van der Waals surface area contributed by atoms with Crippen LogP contribution in [-0.2, 0) is 11.5 Å². The molecule has 0 amide bonds. The number of aromatic nitrogens is 1. The minimum absolute atomic E-state index is 0.0909. The Labute approximate surface area is 148 Å². The van der Waals surface area contributed by atoms with Crippen LogP contribution in [0.3, 0.4) is 0 Å². The summed E-state index contributed by atoms with van der Waals surface area (Å²) in [4.78, 5) is 23.1. The van der Waals surface area contributed by atoms with E-state index in [-0.39, 0.29) is 12.3 Å². The van der Waals surface area contributed by atoms with Crippen LogP contribution in [0.25, 0.3) is 11.3 Å². The van der Waals surface area contributed by atoms with Crippen LogP contribution in [0.15, 0.2) is 29.2 Å². The van der Waals surface area contributed by atoms with Crippen LogP contribution in [-0.4, -0.2) is 36.0 Å². The van der Waals surface area contributed by atoms with Crippen LogP contribution in [0, 0.1) is 0 Å². The summed E-state index contributed by atoms with van der Waals surface area (Å²) in [5, 5.41) is 9.44. The van der Waals surface area contributed by atoms with Gasteiger partial charge in [0.25, 0.3) is 0 Å². The smallest absolute Gasteiger partial charge is 0.341 e. The lowest BCUT2D eigenvalue weighted by atomic mass is 10.1. The van der Waals surface area contributed by atoms with E-state index in [1.54, 1.807) is 23.8 Å². The zero-order chi connectivity index (χ0) is 18.0. The molecule has 25 heavy (non-hydrogen) atoms. The molecule has 132 valence electrons. The number of aromatic carboxylic acids is 1. The monoisotopic (exact) mass is 365 g/mol. The van der Waals surface area contributed by atoms with Crippen LogP contribution in [0.5, 0.6) is 11.5 Å². The van der Waals surface area contributed by atoms with Crippen LogP contribution in [0.2, 0.25) is 5.02 Å². The minimum atomic E-state index is -1.27. The Morgan fingerprint density at radius 3 is 2.88 bits per heavy atom. The number of fused-ring (bicyclic) bond motifs is 3. The molecule has 1 aromatic heterocycles. The lowest BCUT2D eigenvalue weighted by Gasteiger charge is -2.24. The second-order valence-electron chi connectivity index (χ2n) is 5.46. The van der Waals surface area contributed by atoms with Gasteiger partial charge >= 0.3 is 5.97 Å². The number of methoxy groups -OCH3 is 1. The van der Waals surface area contributed by atoms with Gasteiger partial charge in [0.05, 0.1) is 17.3 Å². The number of carboxylic acid groups (broad SMARTS) is 1. The molecule has 2 heterocycles. The lowest BCUT2D eigenvalue weighted by Crippen LogP contribution is -2.22. The molecule has 1 N–H and O–H groups in total. The van der Waals surface area contributed by atoms with E-state index in [1.165, 1.54) is 12.3 Å². The summed E-state index contributed by atoms with van der Waals surface area (Å²) < 4.78 is 17.8. The number of halogens is 1. The van der Waals surface area contributed by atoms with Crippen molar-refractivity contribution in [1.29, 1.82) is 0 Å². The van der Waals surface area contributed by atoms with Crippen molar-refractivity contribution in [2.45, 2.75) is 13.2 Å². The Balaban J connectivity index is 1.95.